The summed E-state index contributed by atoms with van der Waals surface area (Å²) in [6.07, 6.45) is 4.51. The smallest absolute Gasteiger partial charge is 0.243 e. The standard InChI is InChI=1S/C20H25N3O2S/c1-16-10-11-19(14-17(16)2)22-21-15-18-8-4-5-9-20(18)26(24,25)23-12-6-3-7-13-23/h4-5,8-11,14-15,22H,3,6-7,12-13H2,1-2H3. The molecule has 0 radical (unpaired) electrons. The van der Waals surface area contributed by atoms with Crippen LogP contribution in [0.2, 0.25) is 0 Å². The van der Waals surface area contributed by atoms with Crippen LogP contribution in [-0.2, 0) is 10.0 Å². The van der Waals surface area contributed by atoms with E-state index in [9.17, 15) is 8.42 Å². The lowest BCUT2D eigenvalue weighted by atomic mass is 10.1. The molecule has 0 spiro atoms. The topological polar surface area (TPSA) is 61.8 Å². The molecule has 0 atom stereocenters. The molecular weight excluding hydrogens is 346 g/mol. The third-order valence-electron chi connectivity index (χ3n) is 4.76. The zero-order valence-corrected chi connectivity index (χ0v) is 16.1. The minimum absolute atomic E-state index is 0.313. The number of benzene rings is 2. The summed E-state index contributed by atoms with van der Waals surface area (Å²) >= 11 is 0. The molecule has 1 aliphatic rings. The van der Waals surface area contributed by atoms with Crippen LogP contribution in [0.1, 0.15) is 36.0 Å². The lowest BCUT2D eigenvalue weighted by Crippen LogP contribution is -2.36. The first kappa shape index (κ1) is 18.6. The maximum atomic E-state index is 13.0. The number of nitrogens with one attached hydrogen (secondary N) is 1. The highest BCUT2D eigenvalue weighted by atomic mass is 32.2. The first-order valence-corrected chi connectivity index (χ1v) is 10.4. The van der Waals surface area contributed by atoms with Gasteiger partial charge in [-0.25, -0.2) is 8.42 Å². The number of aryl methyl sites for hydroxylation is 2. The highest BCUT2D eigenvalue weighted by Gasteiger charge is 2.27. The maximum Gasteiger partial charge on any atom is 0.243 e. The molecule has 3 rings (SSSR count). The van der Waals surface area contributed by atoms with Crippen molar-refractivity contribution in [2.24, 2.45) is 5.10 Å². The second-order valence-corrected chi connectivity index (χ2v) is 8.58. The van der Waals surface area contributed by atoms with E-state index in [4.69, 9.17) is 0 Å². The molecule has 0 amide bonds. The third kappa shape index (κ3) is 4.14. The lowest BCUT2D eigenvalue weighted by molar-refractivity contribution is 0.346. The Morgan fingerprint density at radius 1 is 1.00 bits per heavy atom. The van der Waals surface area contributed by atoms with Gasteiger partial charge in [-0.3, -0.25) is 5.43 Å². The third-order valence-corrected chi connectivity index (χ3v) is 6.73. The fraction of sp³-hybridized carbons (Fsp3) is 0.350. The fourth-order valence-electron chi connectivity index (χ4n) is 3.05. The Morgan fingerprint density at radius 3 is 2.46 bits per heavy atom. The van der Waals surface area contributed by atoms with Crippen LogP contribution in [0.3, 0.4) is 0 Å². The van der Waals surface area contributed by atoms with Crippen molar-refractivity contribution in [3.05, 3.63) is 59.2 Å². The molecule has 26 heavy (non-hydrogen) atoms. The van der Waals surface area contributed by atoms with Crippen molar-refractivity contribution in [3.8, 4) is 0 Å². The van der Waals surface area contributed by atoms with Gasteiger partial charge in [-0.1, -0.05) is 30.7 Å². The molecule has 1 saturated heterocycles. The summed E-state index contributed by atoms with van der Waals surface area (Å²) in [6, 6.07) is 13.0. The Bertz CT molecular complexity index is 901. The molecule has 2 aromatic rings. The number of hydrazone groups is 1. The Kier molecular flexibility index (Phi) is 5.74. The van der Waals surface area contributed by atoms with E-state index in [1.165, 1.54) is 11.1 Å². The van der Waals surface area contributed by atoms with E-state index >= 15 is 0 Å². The van der Waals surface area contributed by atoms with E-state index in [-0.39, 0.29) is 0 Å². The maximum absolute atomic E-state index is 13.0. The van der Waals surface area contributed by atoms with Crippen LogP contribution in [0.15, 0.2) is 52.5 Å². The highest BCUT2D eigenvalue weighted by Crippen LogP contribution is 2.23. The Balaban J connectivity index is 1.81. The molecule has 6 heteroatoms. The van der Waals surface area contributed by atoms with E-state index in [2.05, 4.69) is 17.5 Å². The van der Waals surface area contributed by atoms with Crippen molar-refractivity contribution >= 4 is 21.9 Å². The summed E-state index contributed by atoms with van der Waals surface area (Å²) in [6.45, 7) is 5.29. The number of piperidine rings is 1. The quantitative estimate of drug-likeness (QED) is 0.640. The van der Waals surface area contributed by atoms with E-state index < -0.39 is 10.0 Å². The molecule has 5 nitrogen and oxygen atoms in total. The van der Waals surface area contributed by atoms with Gasteiger partial charge in [-0.05, 0) is 56.0 Å². The minimum atomic E-state index is -3.49. The van der Waals surface area contributed by atoms with E-state index in [1.807, 2.05) is 31.2 Å². The number of rotatable bonds is 5. The highest BCUT2D eigenvalue weighted by molar-refractivity contribution is 7.89. The van der Waals surface area contributed by atoms with Gasteiger partial charge in [-0.15, -0.1) is 0 Å². The zero-order chi connectivity index (χ0) is 18.6. The predicted octanol–water partition coefficient (Wildman–Crippen LogP) is 3.92. The molecule has 0 aromatic heterocycles. The van der Waals surface area contributed by atoms with Crippen LogP contribution < -0.4 is 5.43 Å². The van der Waals surface area contributed by atoms with Gasteiger partial charge in [0, 0.05) is 18.7 Å². The van der Waals surface area contributed by atoms with E-state index in [0.717, 1.165) is 24.9 Å². The van der Waals surface area contributed by atoms with Gasteiger partial charge in [0.1, 0.15) is 0 Å². The summed E-state index contributed by atoms with van der Waals surface area (Å²) in [4.78, 5) is 0.313. The van der Waals surface area contributed by atoms with Crippen LogP contribution in [0, 0.1) is 13.8 Å². The van der Waals surface area contributed by atoms with Crippen molar-refractivity contribution in [1.82, 2.24) is 4.31 Å². The first-order valence-electron chi connectivity index (χ1n) is 8.94. The van der Waals surface area contributed by atoms with Crippen molar-refractivity contribution in [2.45, 2.75) is 38.0 Å². The molecular formula is C20H25N3O2S. The molecule has 2 aromatic carbocycles. The predicted molar refractivity (Wildman–Crippen MR) is 106 cm³/mol. The van der Waals surface area contributed by atoms with Crippen LogP contribution in [-0.4, -0.2) is 32.0 Å². The van der Waals surface area contributed by atoms with Crippen LogP contribution in [0.25, 0.3) is 0 Å². The minimum Gasteiger partial charge on any atom is -0.278 e. The molecule has 0 saturated carbocycles. The summed E-state index contributed by atoms with van der Waals surface area (Å²) in [5.41, 5.74) is 6.85. The van der Waals surface area contributed by atoms with Gasteiger partial charge in [-0.2, -0.15) is 9.41 Å². The van der Waals surface area contributed by atoms with Crippen molar-refractivity contribution in [2.75, 3.05) is 18.5 Å². The average Bonchev–Trinajstić information content (AvgIpc) is 2.66. The van der Waals surface area contributed by atoms with Gasteiger partial charge in [0.05, 0.1) is 16.8 Å². The van der Waals surface area contributed by atoms with E-state index in [1.54, 1.807) is 28.7 Å². The molecule has 1 heterocycles. The SMILES string of the molecule is Cc1ccc(NN=Cc2ccccc2S(=O)(=O)N2CCCCC2)cc1C. The van der Waals surface area contributed by atoms with Gasteiger partial charge in [0.2, 0.25) is 10.0 Å². The monoisotopic (exact) mass is 371 g/mol. The largest absolute Gasteiger partial charge is 0.278 e. The Morgan fingerprint density at radius 2 is 1.73 bits per heavy atom. The molecule has 138 valence electrons. The molecule has 1 fully saturated rings. The summed E-state index contributed by atoms with van der Waals surface area (Å²) in [7, 11) is -3.49. The summed E-state index contributed by atoms with van der Waals surface area (Å²) < 4.78 is 27.5. The molecule has 0 unspecified atom stereocenters. The van der Waals surface area contributed by atoms with Crippen molar-refractivity contribution in [1.29, 1.82) is 0 Å². The molecule has 0 aliphatic carbocycles. The number of anilines is 1. The molecule has 1 N–H and O–H groups in total. The number of nitrogens with zero attached hydrogens (tertiary/aromatic N) is 2. The van der Waals surface area contributed by atoms with Gasteiger partial charge >= 0.3 is 0 Å². The first-order chi connectivity index (χ1) is 12.5. The molecule has 0 bridgehead atoms. The normalized spacial score (nSPS) is 16.1. The fourth-order valence-corrected chi connectivity index (χ4v) is 4.74. The van der Waals surface area contributed by atoms with Crippen LogP contribution in [0.5, 0.6) is 0 Å². The summed E-state index contributed by atoms with van der Waals surface area (Å²) in [5.74, 6) is 0. The van der Waals surface area contributed by atoms with Crippen LogP contribution in [0.4, 0.5) is 5.69 Å². The number of sulfonamides is 1. The lowest BCUT2D eigenvalue weighted by Gasteiger charge is -2.26. The van der Waals surface area contributed by atoms with Crippen molar-refractivity contribution < 1.29 is 8.42 Å². The zero-order valence-electron chi connectivity index (χ0n) is 15.3. The van der Waals surface area contributed by atoms with Crippen molar-refractivity contribution in [3.63, 3.8) is 0 Å². The number of hydrogen-bond acceptors (Lipinski definition) is 4. The Labute approximate surface area is 155 Å². The van der Waals surface area contributed by atoms with Gasteiger partial charge < -0.3 is 0 Å². The van der Waals surface area contributed by atoms with Gasteiger partial charge in [0.15, 0.2) is 0 Å². The van der Waals surface area contributed by atoms with Crippen LogP contribution >= 0.6 is 0 Å². The second-order valence-electron chi connectivity index (χ2n) is 6.67. The summed E-state index contributed by atoms with van der Waals surface area (Å²) in [5, 5.41) is 4.24. The van der Waals surface area contributed by atoms with E-state index in [0.29, 0.717) is 23.5 Å². The second kappa shape index (κ2) is 8.01. The Hall–Kier alpha value is -2.18. The number of hydrogen-bond donors (Lipinski definition) is 1. The van der Waals surface area contributed by atoms with Gasteiger partial charge in [0.25, 0.3) is 0 Å². The molecule has 1 aliphatic heterocycles. The average molecular weight is 372 g/mol.